The summed E-state index contributed by atoms with van der Waals surface area (Å²) >= 11 is 0. The van der Waals surface area contributed by atoms with Gasteiger partial charge in [0.15, 0.2) is 0 Å². The lowest BCUT2D eigenvalue weighted by Gasteiger charge is -2.17. The fraction of sp³-hybridized carbons (Fsp3) is 0.188. The number of rotatable bonds is 5. The Morgan fingerprint density at radius 3 is 2.27 bits per heavy atom. The van der Waals surface area contributed by atoms with Gasteiger partial charge < -0.3 is 5.32 Å². The average molecular weight is 318 g/mol. The van der Waals surface area contributed by atoms with Crippen molar-refractivity contribution >= 4 is 21.6 Å². The number of hydrogen-bond acceptors (Lipinski definition) is 3. The van der Waals surface area contributed by atoms with Crippen LogP contribution in [0.2, 0.25) is 0 Å². The van der Waals surface area contributed by atoms with E-state index in [1.807, 2.05) is 25.1 Å². The topological polar surface area (TPSA) is 66.5 Å². The Bertz CT molecular complexity index is 758. The van der Waals surface area contributed by atoms with Crippen molar-refractivity contribution in [3.63, 3.8) is 0 Å². The molecular weight excluding hydrogens is 300 g/mol. The average Bonchev–Trinajstić information content (AvgIpc) is 2.50. The third kappa shape index (κ3) is 3.72. The van der Waals surface area contributed by atoms with Crippen LogP contribution in [0.15, 0.2) is 59.5 Å². The van der Waals surface area contributed by atoms with E-state index in [4.69, 9.17) is 0 Å². The molecule has 0 radical (unpaired) electrons. The number of sulfonamides is 1. The molecule has 1 amide bonds. The molecule has 0 fully saturated rings. The maximum Gasteiger partial charge on any atom is 0.243 e. The molecule has 0 aliphatic rings. The highest BCUT2D eigenvalue weighted by Gasteiger charge is 2.22. The summed E-state index contributed by atoms with van der Waals surface area (Å²) in [5.74, 6) is -0.378. The number of benzene rings is 2. The monoisotopic (exact) mass is 318 g/mol. The number of carbonyl (C=O) groups excluding carboxylic acids is 1. The normalized spacial score (nSPS) is 11.4. The van der Waals surface area contributed by atoms with Gasteiger partial charge in [-0.25, -0.2) is 8.42 Å². The summed E-state index contributed by atoms with van der Waals surface area (Å²) in [7, 11) is -2.28. The predicted molar refractivity (Wildman–Crippen MR) is 86.1 cm³/mol. The van der Waals surface area contributed by atoms with Gasteiger partial charge in [-0.15, -0.1) is 0 Å². The van der Waals surface area contributed by atoms with Crippen LogP contribution in [-0.2, 0) is 14.8 Å². The highest BCUT2D eigenvalue weighted by Crippen LogP contribution is 2.15. The fourth-order valence-electron chi connectivity index (χ4n) is 1.96. The van der Waals surface area contributed by atoms with Crippen LogP contribution >= 0.6 is 0 Å². The molecule has 2 aromatic carbocycles. The van der Waals surface area contributed by atoms with Gasteiger partial charge in [-0.3, -0.25) is 4.79 Å². The van der Waals surface area contributed by atoms with Crippen molar-refractivity contribution in [1.29, 1.82) is 0 Å². The lowest BCUT2D eigenvalue weighted by atomic mass is 10.2. The van der Waals surface area contributed by atoms with Crippen molar-refractivity contribution < 1.29 is 13.2 Å². The summed E-state index contributed by atoms with van der Waals surface area (Å²) < 4.78 is 25.7. The summed E-state index contributed by atoms with van der Waals surface area (Å²) in [4.78, 5) is 12.2. The zero-order valence-electron chi connectivity index (χ0n) is 12.5. The van der Waals surface area contributed by atoms with E-state index < -0.39 is 10.0 Å². The molecule has 0 aromatic heterocycles. The van der Waals surface area contributed by atoms with Gasteiger partial charge in [-0.1, -0.05) is 36.4 Å². The number of amides is 1. The second-order valence-electron chi connectivity index (χ2n) is 4.94. The summed E-state index contributed by atoms with van der Waals surface area (Å²) in [6.07, 6.45) is 0. The largest absolute Gasteiger partial charge is 0.325 e. The van der Waals surface area contributed by atoms with Crippen LogP contribution < -0.4 is 5.32 Å². The number of anilines is 1. The van der Waals surface area contributed by atoms with Crippen LogP contribution in [0.5, 0.6) is 0 Å². The molecule has 1 N–H and O–H groups in total. The Labute approximate surface area is 130 Å². The Morgan fingerprint density at radius 2 is 1.64 bits per heavy atom. The van der Waals surface area contributed by atoms with Gasteiger partial charge in [0, 0.05) is 12.7 Å². The van der Waals surface area contributed by atoms with Crippen LogP contribution in [-0.4, -0.2) is 32.2 Å². The Morgan fingerprint density at radius 1 is 1.05 bits per heavy atom. The lowest BCUT2D eigenvalue weighted by Crippen LogP contribution is -2.35. The Balaban J connectivity index is 2.07. The van der Waals surface area contributed by atoms with Crippen molar-refractivity contribution in [2.45, 2.75) is 11.8 Å². The van der Waals surface area contributed by atoms with E-state index in [1.165, 1.54) is 19.2 Å². The Kier molecular flexibility index (Phi) is 4.95. The van der Waals surface area contributed by atoms with Crippen molar-refractivity contribution in [3.05, 3.63) is 60.2 Å². The molecular formula is C16H18N2O3S. The molecule has 0 aliphatic heterocycles. The maximum absolute atomic E-state index is 12.3. The summed E-state index contributed by atoms with van der Waals surface area (Å²) in [6, 6.07) is 15.4. The van der Waals surface area contributed by atoms with Gasteiger partial charge in [0.05, 0.1) is 11.4 Å². The van der Waals surface area contributed by atoms with Crippen LogP contribution in [0, 0.1) is 6.92 Å². The van der Waals surface area contributed by atoms with E-state index in [9.17, 15) is 13.2 Å². The molecule has 22 heavy (non-hydrogen) atoms. The zero-order chi connectivity index (χ0) is 16.2. The number of likely N-dealkylation sites (N-methyl/N-ethyl adjacent to an activating group) is 1. The molecule has 2 rings (SSSR count). The van der Waals surface area contributed by atoms with Crippen LogP contribution in [0.4, 0.5) is 5.69 Å². The zero-order valence-corrected chi connectivity index (χ0v) is 13.3. The molecule has 0 bridgehead atoms. The first kappa shape index (κ1) is 16.2. The number of hydrogen-bond donors (Lipinski definition) is 1. The van der Waals surface area contributed by atoms with Gasteiger partial charge in [-0.2, -0.15) is 4.31 Å². The van der Waals surface area contributed by atoms with Gasteiger partial charge in [0.25, 0.3) is 0 Å². The quantitative estimate of drug-likeness (QED) is 0.919. The fourth-order valence-corrected chi connectivity index (χ4v) is 3.11. The number of carbonyl (C=O) groups is 1. The maximum atomic E-state index is 12.3. The molecule has 0 spiro atoms. The van der Waals surface area contributed by atoms with E-state index in [-0.39, 0.29) is 17.3 Å². The van der Waals surface area contributed by atoms with E-state index in [0.29, 0.717) is 5.69 Å². The van der Waals surface area contributed by atoms with Crippen LogP contribution in [0.1, 0.15) is 5.56 Å². The van der Waals surface area contributed by atoms with E-state index >= 15 is 0 Å². The summed E-state index contributed by atoms with van der Waals surface area (Å²) in [5, 5.41) is 2.72. The number of para-hydroxylation sites is 1. The predicted octanol–water partition coefficient (Wildman–Crippen LogP) is 2.25. The molecule has 0 unspecified atom stereocenters. The molecule has 0 saturated carbocycles. The first-order chi connectivity index (χ1) is 10.4. The molecule has 0 saturated heterocycles. The molecule has 116 valence electrons. The molecule has 5 nitrogen and oxygen atoms in total. The molecule has 0 atom stereocenters. The van der Waals surface area contributed by atoms with Crippen molar-refractivity contribution in [2.75, 3.05) is 18.9 Å². The van der Waals surface area contributed by atoms with E-state index in [0.717, 1.165) is 9.87 Å². The first-order valence-corrected chi connectivity index (χ1v) is 8.22. The molecule has 2 aromatic rings. The second-order valence-corrected chi connectivity index (χ2v) is 6.98. The lowest BCUT2D eigenvalue weighted by molar-refractivity contribution is -0.116. The first-order valence-electron chi connectivity index (χ1n) is 6.78. The third-order valence-corrected chi connectivity index (χ3v) is 5.05. The highest BCUT2D eigenvalue weighted by molar-refractivity contribution is 7.89. The minimum absolute atomic E-state index is 0.168. The molecule has 0 heterocycles. The van der Waals surface area contributed by atoms with Crippen molar-refractivity contribution in [2.24, 2.45) is 0 Å². The van der Waals surface area contributed by atoms with Crippen LogP contribution in [0.25, 0.3) is 0 Å². The summed E-state index contributed by atoms with van der Waals surface area (Å²) in [6.45, 7) is 1.63. The number of aryl methyl sites for hydroxylation is 1. The smallest absolute Gasteiger partial charge is 0.243 e. The van der Waals surface area contributed by atoms with Crippen molar-refractivity contribution in [1.82, 2.24) is 4.31 Å². The van der Waals surface area contributed by atoms with Gasteiger partial charge in [-0.05, 0) is 30.7 Å². The van der Waals surface area contributed by atoms with Gasteiger partial charge >= 0.3 is 0 Å². The minimum Gasteiger partial charge on any atom is -0.325 e. The standard InChI is InChI=1S/C16H18N2O3S/c1-13-8-6-7-11-15(13)17-16(19)12-18(2)22(20,21)14-9-4-3-5-10-14/h3-11H,12H2,1-2H3,(H,17,19). The molecule has 0 aliphatic carbocycles. The van der Waals surface area contributed by atoms with E-state index in [2.05, 4.69) is 5.32 Å². The van der Waals surface area contributed by atoms with Crippen LogP contribution in [0.3, 0.4) is 0 Å². The molecule has 6 heteroatoms. The van der Waals surface area contributed by atoms with Crippen molar-refractivity contribution in [3.8, 4) is 0 Å². The summed E-state index contributed by atoms with van der Waals surface area (Å²) in [5.41, 5.74) is 1.60. The SMILES string of the molecule is Cc1ccccc1NC(=O)CN(C)S(=O)(=O)c1ccccc1. The number of nitrogens with zero attached hydrogens (tertiary/aromatic N) is 1. The van der Waals surface area contributed by atoms with Gasteiger partial charge in [0.2, 0.25) is 15.9 Å². The Hall–Kier alpha value is -2.18. The van der Waals surface area contributed by atoms with E-state index in [1.54, 1.807) is 24.3 Å². The van der Waals surface area contributed by atoms with Gasteiger partial charge in [0.1, 0.15) is 0 Å². The number of nitrogens with one attached hydrogen (secondary N) is 1. The second kappa shape index (κ2) is 6.72. The highest BCUT2D eigenvalue weighted by atomic mass is 32.2. The minimum atomic E-state index is -3.66. The third-order valence-electron chi connectivity index (χ3n) is 3.24.